The minimum atomic E-state index is -3.69. The molecule has 1 saturated heterocycles. The van der Waals surface area contributed by atoms with Crippen LogP contribution in [-0.4, -0.2) is 56.6 Å². The number of piperazine rings is 1. The standard InChI is InChI=1S/C25H24N4O3S/c1-28-15-16-29(22(17-28)18-7-3-2-4-8-18)25(30)19-11-13-20(14-12-19)26-24-21-9-5-6-10-23(21)33(31,32)27-24/h2-14,22H,15-17H2,1H3,(H,26,27). The Hall–Kier alpha value is -3.49. The molecule has 168 valence electrons. The average molecular weight is 461 g/mol. The van der Waals surface area contributed by atoms with Gasteiger partial charge in [0.05, 0.1) is 6.04 Å². The average Bonchev–Trinajstić information content (AvgIpc) is 3.09. The first-order valence-electron chi connectivity index (χ1n) is 10.8. The summed E-state index contributed by atoms with van der Waals surface area (Å²) < 4.78 is 28.4. The highest BCUT2D eigenvalue weighted by atomic mass is 32.2. The maximum Gasteiger partial charge on any atom is 0.285 e. The van der Waals surface area contributed by atoms with E-state index < -0.39 is 10.0 Å². The summed E-state index contributed by atoms with van der Waals surface area (Å²) in [5.74, 6) is 0.266. The van der Waals surface area contributed by atoms with Crippen molar-refractivity contribution in [3.63, 3.8) is 0 Å². The highest BCUT2D eigenvalue weighted by molar-refractivity contribution is 7.90. The lowest BCUT2D eigenvalue weighted by Crippen LogP contribution is -2.49. The number of hydrogen-bond donors (Lipinski definition) is 1. The number of fused-ring (bicyclic) bond motifs is 1. The third-order valence-electron chi connectivity index (χ3n) is 6.05. The molecule has 5 rings (SSSR count). The fraction of sp³-hybridized carbons (Fsp3) is 0.200. The molecule has 0 bridgehead atoms. The number of benzene rings is 3. The first-order valence-corrected chi connectivity index (χ1v) is 12.2. The van der Waals surface area contributed by atoms with E-state index in [1.165, 1.54) is 0 Å². The van der Waals surface area contributed by atoms with Gasteiger partial charge in [-0.05, 0) is 49.0 Å². The highest BCUT2D eigenvalue weighted by Gasteiger charge is 2.31. The molecule has 3 aromatic rings. The van der Waals surface area contributed by atoms with Crippen LogP contribution in [0.1, 0.15) is 27.5 Å². The molecule has 2 aliphatic rings. The Labute approximate surface area is 193 Å². The molecule has 1 fully saturated rings. The van der Waals surface area contributed by atoms with E-state index in [0.717, 1.165) is 18.7 Å². The third kappa shape index (κ3) is 4.15. The van der Waals surface area contributed by atoms with Crippen molar-refractivity contribution in [1.82, 2.24) is 9.80 Å². The number of rotatable bonds is 3. The van der Waals surface area contributed by atoms with Crippen LogP contribution in [0.4, 0.5) is 5.69 Å². The number of hydrogen-bond acceptors (Lipinski definition) is 5. The topological polar surface area (TPSA) is 82.1 Å². The quantitative estimate of drug-likeness (QED) is 0.648. The zero-order valence-corrected chi connectivity index (χ0v) is 19.0. The summed E-state index contributed by atoms with van der Waals surface area (Å²) in [4.78, 5) is 17.7. The molecule has 1 unspecified atom stereocenters. The molecule has 33 heavy (non-hydrogen) atoms. The fourth-order valence-electron chi connectivity index (χ4n) is 4.32. The molecule has 1 N–H and O–H groups in total. The van der Waals surface area contributed by atoms with E-state index in [-0.39, 0.29) is 22.7 Å². The molecule has 0 aromatic heterocycles. The Kier molecular flexibility index (Phi) is 5.47. The van der Waals surface area contributed by atoms with Gasteiger partial charge in [0.25, 0.3) is 15.9 Å². The van der Waals surface area contributed by atoms with Gasteiger partial charge in [-0.2, -0.15) is 8.42 Å². The normalized spacial score (nSPS) is 19.6. The second-order valence-electron chi connectivity index (χ2n) is 8.30. The van der Waals surface area contributed by atoms with E-state index in [0.29, 0.717) is 23.4 Å². The molecule has 0 aliphatic carbocycles. The predicted octanol–water partition coefficient (Wildman–Crippen LogP) is 3.38. The summed E-state index contributed by atoms with van der Waals surface area (Å²) in [6.07, 6.45) is 0. The number of nitrogens with one attached hydrogen (secondary N) is 1. The monoisotopic (exact) mass is 460 g/mol. The van der Waals surface area contributed by atoms with Gasteiger partial charge in [0.15, 0.2) is 5.84 Å². The van der Waals surface area contributed by atoms with Crippen LogP contribution in [0.25, 0.3) is 0 Å². The molecule has 0 spiro atoms. The number of carbonyl (C=O) groups is 1. The first-order chi connectivity index (χ1) is 15.9. The van der Waals surface area contributed by atoms with E-state index in [1.807, 2.05) is 23.1 Å². The van der Waals surface area contributed by atoms with Gasteiger partial charge in [-0.3, -0.25) is 4.79 Å². The van der Waals surface area contributed by atoms with Crippen molar-refractivity contribution in [2.75, 3.05) is 32.0 Å². The number of anilines is 1. The van der Waals surface area contributed by atoms with Crippen LogP contribution in [0, 0.1) is 0 Å². The van der Waals surface area contributed by atoms with E-state index in [4.69, 9.17) is 0 Å². The van der Waals surface area contributed by atoms with Gasteiger partial charge >= 0.3 is 0 Å². The van der Waals surface area contributed by atoms with Gasteiger partial charge < -0.3 is 15.1 Å². The molecule has 0 radical (unpaired) electrons. The fourth-order valence-corrected chi connectivity index (χ4v) is 5.49. The molecular weight excluding hydrogens is 436 g/mol. The SMILES string of the molecule is CN1CCN(C(=O)c2ccc(NC3=NS(=O)(=O)c4ccccc43)cc2)C(c2ccccc2)C1. The molecule has 3 aromatic carbocycles. The van der Waals surface area contributed by atoms with Crippen LogP contribution in [0.15, 0.2) is 88.2 Å². The van der Waals surface area contributed by atoms with Crippen molar-refractivity contribution in [1.29, 1.82) is 0 Å². The number of nitrogens with zero attached hydrogens (tertiary/aromatic N) is 3. The maximum absolute atomic E-state index is 13.4. The lowest BCUT2D eigenvalue weighted by Gasteiger charge is -2.40. The Morgan fingerprint density at radius 3 is 2.39 bits per heavy atom. The smallest absolute Gasteiger partial charge is 0.285 e. The number of amides is 1. The summed E-state index contributed by atoms with van der Waals surface area (Å²) in [7, 11) is -1.62. The zero-order valence-electron chi connectivity index (χ0n) is 18.2. The zero-order chi connectivity index (χ0) is 23.0. The van der Waals surface area contributed by atoms with Crippen molar-refractivity contribution in [2.45, 2.75) is 10.9 Å². The van der Waals surface area contributed by atoms with Crippen LogP contribution in [-0.2, 0) is 10.0 Å². The minimum absolute atomic E-state index is 0.00944. The number of carbonyl (C=O) groups excluding carboxylic acids is 1. The van der Waals surface area contributed by atoms with Gasteiger partial charge in [0.1, 0.15) is 4.90 Å². The third-order valence-corrected chi connectivity index (χ3v) is 7.39. The summed E-state index contributed by atoms with van der Waals surface area (Å²) in [6.45, 7) is 2.26. The van der Waals surface area contributed by atoms with Gasteiger partial charge in [-0.1, -0.05) is 42.5 Å². The molecule has 8 heteroatoms. The predicted molar refractivity (Wildman–Crippen MR) is 128 cm³/mol. The van der Waals surface area contributed by atoms with Crippen LogP contribution >= 0.6 is 0 Å². The van der Waals surface area contributed by atoms with Gasteiger partial charge in [-0.15, -0.1) is 4.40 Å². The van der Waals surface area contributed by atoms with E-state index in [9.17, 15) is 13.2 Å². The molecule has 1 amide bonds. The van der Waals surface area contributed by atoms with Crippen LogP contribution in [0.2, 0.25) is 0 Å². The van der Waals surface area contributed by atoms with Crippen molar-refractivity contribution in [3.8, 4) is 0 Å². The second-order valence-corrected chi connectivity index (χ2v) is 9.87. The minimum Gasteiger partial charge on any atom is -0.339 e. The lowest BCUT2D eigenvalue weighted by molar-refractivity contribution is 0.0498. The van der Waals surface area contributed by atoms with Crippen molar-refractivity contribution in [2.24, 2.45) is 4.40 Å². The summed E-state index contributed by atoms with van der Waals surface area (Å²) in [5.41, 5.74) is 2.92. The summed E-state index contributed by atoms with van der Waals surface area (Å²) in [6, 6.07) is 23.9. The van der Waals surface area contributed by atoms with E-state index >= 15 is 0 Å². The Bertz CT molecular complexity index is 1320. The number of sulfonamides is 1. The van der Waals surface area contributed by atoms with E-state index in [1.54, 1.807) is 48.5 Å². The summed E-state index contributed by atoms with van der Waals surface area (Å²) in [5, 5.41) is 3.08. The highest BCUT2D eigenvalue weighted by Crippen LogP contribution is 2.28. The van der Waals surface area contributed by atoms with Crippen molar-refractivity contribution < 1.29 is 13.2 Å². The Morgan fingerprint density at radius 1 is 0.939 bits per heavy atom. The molecular formula is C25H24N4O3S. The van der Waals surface area contributed by atoms with Crippen molar-refractivity contribution in [3.05, 3.63) is 95.6 Å². The Balaban J connectivity index is 1.36. The number of likely N-dealkylation sites (N-methyl/N-ethyl adjacent to an activating group) is 1. The largest absolute Gasteiger partial charge is 0.339 e. The lowest BCUT2D eigenvalue weighted by atomic mass is 10.0. The van der Waals surface area contributed by atoms with Crippen LogP contribution in [0.5, 0.6) is 0 Å². The first kappa shape index (κ1) is 21.4. The van der Waals surface area contributed by atoms with Gasteiger partial charge in [0.2, 0.25) is 0 Å². The Morgan fingerprint density at radius 2 is 1.64 bits per heavy atom. The maximum atomic E-state index is 13.4. The molecule has 1 atom stereocenters. The summed E-state index contributed by atoms with van der Waals surface area (Å²) >= 11 is 0. The van der Waals surface area contributed by atoms with E-state index in [2.05, 4.69) is 33.8 Å². The van der Waals surface area contributed by atoms with Crippen LogP contribution < -0.4 is 5.32 Å². The molecule has 2 aliphatic heterocycles. The molecule has 0 saturated carbocycles. The number of amidine groups is 1. The van der Waals surface area contributed by atoms with Crippen molar-refractivity contribution >= 4 is 27.5 Å². The van der Waals surface area contributed by atoms with Gasteiger partial charge in [-0.25, -0.2) is 0 Å². The molecule has 2 heterocycles. The van der Waals surface area contributed by atoms with Gasteiger partial charge in [0, 0.05) is 36.4 Å². The molecule has 7 nitrogen and oxygen atoms in total. The van der Waals surface area contributed by atoms with Crippen LogP contribution in [0.3, 0.4) is 0 Å². The second kappa shape index (κ2) is 8.46.